The number of aliphatic imine (C=N–C) groups is 1. The molecule has 0 amide bonds. The van der Waals surface area contributed by atoms with Crippen molar-refractivity contribution in [1.82, 2.24) is 10.6 Å². The summed E-state index contributed by atoms with van der Waals surface area (Å²) in [7, 11) is 1.79. The summed E-state index contributed by atoms with van der Waals surface area (Å²) >= 11 is 0. The smallest absolute Gasteiger partial charge is 0.191 e. The van der Waals surface area contributed by atoms with Gasteiger partial charge in [-0.05, 0) is 30.4 Å². The second-order valence-electron chi connectivity index (χ2n) is 5.99. The number of unbranched alkanes of at least 4 members (excludes halogenated alkanes) is 1. The van der Waals surface area contributed by atoms with Gasteiger partial charge in [0.2, 0.25) is 0 Å². The Kier molecular flexibility index (Phi) is 12.6. The highest BCUT2D eigenvalue weighted by Crippen LogP contribution is 2.10. The molecule has 1 aromatic rings. The van der Waals surface area contributed by atoms with Crippen molar-refractivity contribution in [2.24, 2.45) is 4.99 Å². The highest BCUT2D eigenvalue weighted by molar-refractivity contribution is 5.79. The summed E-state index contributed by atoms with van der Waals surface area (Å²) in [6.07, 6.45) is 4.34. The molecule has 0 saturated carbocycles. The topological polar surface area (TPSA) is 54.9 Å². The quantitative estimate of drug-likeness (QED) is 0.325. The fourth-order valence-electron chi connectivity index (χ4n) is 2.33. The van der Waals surface area contributed by atoms with Crippen molar-refractivity contribution in [3.8, 4) is 0 Å². The lowest BCUT2D eigenvalue weighted by atomic mass is 10.1. The van der Waals surface area contributed by atoms with E-state index in [4.69, 9.17) is 9.47 Å². The van der Waals surface area contributed by atoms with Gasteiger partial charge in [-0.15, -0.1) is 0 Å². The molecule has 0 unspecified atom stereocenters. The first-order chi connectivity index (χ1) is 12.3. The van der Waals surface area contributed by atoms with E-state index in [-0.39, 0.29) is 0 Å². The van der Waals surface area contributed by atoms with E-state index in [9.17, 15) is 0 Å². The van der Waals surface area contributed by atoms with Crippen molar-refractivity contribution in [3.63, 3.8) is 0 Å². The fourth-order valence-corrected chi connectivity index (χ4v) is 2.33. The average molecular weight is 350 g/mol. The maximum Gasteiger partial charge on any atom is 0.191 e. The Morgan fingerprint density at radius 1 is 0.920 bits per heavy atom. The zero-order chi connectivity index (χ0) is 18.2. The minimum atomic E-state index is 0.660. The van der Waals surface area contributed by atoms with Crippen LogP contribution in [0.25, 0.3) is 0 Å². The maximum atomic E-state index is 5.67. The summed E-state index contributed by atoms with van der Waals surface area (Å²) in [4.78, 5) is 4.28. The van der Waals surface area contributed by atoms with E-state index in [1.807, 2.05) is 0 Å². The first-order valence-corrected chi connectivity index (χ1v) is 9.48. The number of nitrogens with zero attached hydrogens (tertiary/aromatic N) is 1. The molecular weight excluding hydrogens is 314 g/mol. The maximum absolute atomic E-state index is 5.67. The van der Waals surface area contributed by atoms with Crippen molar-refractivity contribution < 1.29 is 9.47 Å². The molecule has 0 atom stereocenters. The van der Waals surface area contributed by atoms with Crippen LogP contribution in [0.15, 0.2) is 29.3 Å². The monoisotopic (exact) mass is 349 g/mol. The van der Waals surface area contributed by atoms with Gasteiger partial charge in [0.1, 0.15) is 0 Å². The average Bonchev–Trinajstić information content (AvgIpc) is 2.64. The summed E-state index contributed by atoms with van der Waals surface area (Å²) in [6.45, 7) is 9.00. The fraction of sp³-hybridized carbons (Fsp3) is 0.650. The summed E-state index contributed by atoms with van der Waals surface area (Å²) in [5.41, 5.74) is 2.47. The lowest BCUT2D eigenvalue weighted by Gasteiger charge is -2.14. The Bertz CT molecular complexity index is 478. The summed E-state index contributed by atoms with van der Waals surface area (Å²) in [5, 5.41) is 6.70. The van der Waals surface area contributed by atoms with Gasteiger partial charge in [-0.3, -0.25) is 4.99 Å². The van der Waals surface area contributed by atoms with Crippen LogP contribution in [0.2, 0.25) is 0 Å². The predicted octanol–water partition coefficient (Wildman–Crippen LogP) is 3.49. The Labute approximate surface area is 153 Å². The molecule has 1 aromatic carbocycles. The number of ether oxygens (including phenoxy) is 2. The molecule has 0 bridgehead atoms. The van der Waals surface area contributed by atoms with Crippen LogP contribution in [0.3, 0.4) is 0 Å². The number of hydrogen-bond acceptors (Lipinski definition) is 3. The Morgan fingerprint density at radius 3 is 2.40 bits per heavy atom. The third-order valence-corrected chi connectivity index (χ3v) is 3.79. The van der Waals surface area contributed by atoms with Gasteiger partial charge in [0.25, 0.3) is 0 Å². The van der Waals surface area contributed by atoms with Gasteiger partial charge >= 0.3 is 0 Å². The van der Waals surface area contributed by atoms with Crippen LogP contribution in [0.4, 0.5) is 0 Å². The zero-order valence-electron chi connectivity index (χ0n) is 16.1. The molecule has 1 rings (SSSR count). The third kappa shape index (κ3) is 10.1. The summed E-state index contributed by atoms with van der Waals surface area (Å²) in [5.74, 6) is 0.817. The van der Waals surface area contributed by atoms with Crippen LogP contribution >= 0.6 is 0 Å². The minimum Gasteiger partial charge on any atom is -0.381 e. The standard InChI is InChI=1S/C20H35N3O2/c1-4-6-14-24-15-9-12-22-20(21-3)23-16-18-10-7-8-11-19(18)17-25-13-5-2/h7-8,10-11H,4-6,9,12-17H2,1-3H3,(H2,21,22,23). The van der Waals surface area contributed by atoms with Crippen LogP contribution in [-0.2, 0) is 22.6 Å². The molecule has 0 aliphatic heterocycles. The van der Waals surface area contributed by atoms with Crippen LogP contribution in [0.1, 0.15) is 50.7 Å². The molecule has 0 aliphatic rings. The van der Waals surface area contributed by atoms with Crippen molar-refractivity contribution in [1.29, 1.82) is 0 Å². The van der Waals surface area contributed by atoms with E-state index < -0.39 is 0 Å². The molecule has 142 valence electrons. The molecular formula is C20H35N3O2. The normalized spacial score (nSPS) is 11.6. The van der Waals surface area contributed by atoms with Gasteiger partial charge in [-0.1, -0.05) is 44.5 Å². The van der Waals surface area contributed by atoms with E-state index >= 15 is 0 Å². The highest BCUT2D eigenvalue weighted by atomic mass is 16.5. The first-order valence-electron chi connectivity index (χ1n) is 9.48. The molecule has 0 heterocycles. The van der Waals surface area contributed by atoms with Crippen molar-refractivity contribution in [2.75, 3.05) is 33.4 Å². The molecule has 0 saturated heterocycles. The molecule has 5 heteroatoms. The van der Waals surface area contributed by atoms with Gasteiger partial charge in [0, 0.05) is 40.0 Å². The largest absolute Gasteiger partial charge is 0.381 e. The summed E-state index contributed by atoms with van der Waals surface area (Å²) < 4.78 is 11.2. The van der Waals surface area contributed by atoms with Gasteiger partial charge < -0.3 is 20.1 Å². The molecule has 0 aromatic heterocycles. The van der Waals surface area contributed by atoms with Gasteiger partial charge in [-0.25, -0.2) is 0 Å². The third-order valence-electron chi connectivity index (χ3n) is 3.79. The van der Waals surface area contributed by atoms with E-state index in [1.165, 1.54) is 17.5 Å². The summed E-state index contributed by atoms with van der Waals surface area (Å²) in [6, 6.07) is 8.37. The predicted molar refractivity (Wildman–Crippen MR) is 105 cm³/mol. The first kappa shape index (κ1) is 21.5. The van der Waals surface area contributed by atoms with Gasteiger partial charge in [0.15, 0.2) is 5.96 Å². The number of nitrogens with one attached hydrogen (secondary N) is 2. The van der Waals surface area contributed by atoms with E-state index in [0.29, 0.717) is 6.61 Å². The number of guanidine groups is 1. The zero-order valence-corrected chi connectivity index (χ0v) is 16.1. The minimum absolute atomic E-state index is 0.660. The van der Waals surface area contributed by atoms with Crippen molar-refractivity contribution >= 4 is 5.96 Å². The molecule has 0 spiro atoms. The van der Waals surface area contributed by atoms with Gasteiger partial charge in [0.05, 0.1) is 6.61 Å². The molecule has 0 aliphatic carbocycles. The highest BCUT2D eigenvalue weighted by Gasteiger charge is 2.03. The van der Waals surface area contributed by atoms with Crippen LogP contribution < -0.4 is 10.6 Å². The number of benzene rings is 1. The number of hydrogen-bond donors (Lipinski definition) is 2. The van der Waals surface area contributed by atoms with E-state index in [2.05, 4.69) is 53.7 Å². The van der Waals surface area contributed by atoms with Gasteiger partial charge in [-0.2, -0.15) is 0 Å². The molecule has 25 heavy (non-hydrogen) atoms. The lowest BCUT2D eigenvalue weighted by Crippen LogP contribution is -2.37. The molecule has 2 N–H and O–H groups in total. The second-order valence-corrected chi connectivity index (χ2v) is 5.99. The lowest BCUT2D eigenvalue weighted by molar-refractivity contribution is 0.121. The Morgan fingerprint density at radius 2 is 1.68 bits per heavy atom. The van der Waals surface area contributed by atoms with E-state index in [0.717, 1.165) is 58.1 Å². The Balaban J connectivity index is 2.30. The number of rotatable bonds is 13. The van der Waals surface area contributed by atoms with Crippen molar-refractivity contribution in [2.45, 2.75) is 52.7 Å². The van der Waals surface area contributed by atoms with Crippen LogP contribution in [0.5, 0.6) is 0 Å². The van der Waals surface area contributed by atoms with Crippen LogP contribution in [-0.4, -0.2) is 39.4 Å². The Hall–Kier alpha value is -1.59. The molecule has 0 radical (unpaired) electrons. The molecule has 5 nitrogen and oxygen atoms in total. The SMILES string of the molecule is CCCCOCCCNC(=NC)NCc1ccccc1COCCC. The van der Waals surface area contributed by atoms with E-state index in [1.54, 1.807) is 7.05 Å². The van der Waals surface area contributed by atoms with Crippen LogP contribution in [0, 0.1) is 0 Å². The second kappa shape index (κ2) is 14.7. The van der Waals surface area contributed by atoms with Crippen molar-refractivity contribution in [3.05, 3.63) is 35.4 Å². The molecule has 0 fully saturated rings.